The molecule has 1 fully saturated rings. The average molecular weight is 231 g/mol. The van der Waals surface area contributed by atoms with Gasteiger partial charge in [-0.2, -0.15) is 0 Å². The van der Waals surface area contributed by atoms with E-state index in [1.807, 2.05) is 0 Å². The summed E-state index contributed by atoms with van der Waals surface area (Å²) in [5.74, 6) is 1.85. The van der Waals surface area contributed by atoms with Crippen molar-refractivity contribution in [3.8, 4) is 0 Å². The van der Waals surface area contributed by atoms with Crippen molar-refractivity contribution in [1.82, 2.24) is 0 Å². The molecule has 0 saturated heterocycles. The minimum absolute atomic E-state index is 0.874. The smallest absolute Gasteiger partial charge is 0.0239 e. The highest BCUT2D eigenvalue weighted by Crippen LogP contribution is 2.29. The molecule has 1 aliphatic rings. The van der Waals surface area contributed by atoms with Crippen molar-refractivity contribution in [2.24, 2.45) is 11.8 Å². The molecule has 0 N–H and O–H groups in total. The Hall–Kier alpha value is 0.220. The predicted molar refractivity (Wildman–Crippen MR) is 58.7 cm³/mol. The molecule has 12 heavy (non-hydrogen) atoms. The van der Waals surface area contributed by atoms with E-state index in [0.717, 1.165) is 17.2 Å². The standard InChI is InChI=1S/C11H19Br/c1-9-3-5-11(6-4-9)7-10(2)8-12/h7,9,11H,3-6,8H2,1-2H3. The van der Waals surface area contributed by atoms with Gasteiger partial charge in [0.05, 0.1) is 0 Å². The van der Waals surface area contributed by atoms with Crippen molar-refractivity contribution >= 4 is 15.9 Å². The molecule has 0 amide bonds. The molecule has 1 rings (SSSR count). The first kappa shape index (κ1) is 10.3. The second-order valence-electron chi connectivity index (χ2n) is 4.17. The molecular weight excluding hydrogens is 212 g/mol. The molecule has 0 bridgehead atoms. The van der Waals surface area contributed by atoms with Gasteiger partial charge in [0, 0.05) is 5.33 Å². The maximum absolute atomic E-state index is 3.49. The van der Waals surface area contributed by atoms with Crippen molar-refractivity contribution in [1.29, 1.82) is 0 Å². The summed E-state index contributed by atoms with van der Waals surface area (Å²) in [6, 6.07) is 0. The second-order valence-corrected chi connectivity index (χ2v) is 4.73. The van der Waals surface area contributed by atoms with Crippen molar-refractivity contribution in [2.75, 3.05) is 5.33 Å². The summed E-state index contributed by atoms with van der Waals surface area (Å²) in [4.78, 5) is 0. The second kappa shape index (κ2) is 5.06. The van der Waals surface area contributed by atoms with Crippen LogP contribution in [-0.2, 0) is 0 Å². The molecule has 0 unspecified atom stereocenters. The van der Waals surface area contributed by atoms with E-state index in [1.54, 1.807) is 0 Å². The molecule has 0 aliphatic heterocycles. The molecule has 1 heteroatoms. The highest BCUT2D eigenvalue weighted by Gasteiger charge is 2.15. The number of hydrogen-bond donors (Lipinski definition) is 0. The van der Waals surface area contributed by atoms with Crippen LogP contribution in [0.15, 0.2) is 11.6 Å². The van der Waals surface area contributed by atoms with Gasteiger partial charge in [-0.15, -0.1) is 0 Å². The molecule has 0 heterocycles. The molecule has 1 aliphatic carbocycles. The van der Waals surface area contributed by atoms with Crippen LogP contribution in [0.4, 0.5) is 0 Å². The Bertz CT molecular complexity index is 152. The van der Waals surface area contributed by atoms with Gasteiger partial charge in [0.1, 0.15) is 0 Å². The van der Waals surface area contributed by atoms with Crippen LogP contribution >= 0.6 is 15.9 Å². The van der Waals surface area contributed by atoms with Crippen LogP contribution in [0.5, 0.6) is 0 Å². The molecule has 70 valence electrons. The summed E-state index contributed by atoms with van der Waals surface area (Å²) in [6.45, 7) is 4.59. The Balaban J connectivity index is 2.35. The minimum atomic E-state index is 0.874. The van der Waals surface area contributed by atoms with Crippen molar-refractivity contribution in [3.05, 3.63) is 11.6 Å². The van der Waals surface area contributed by atoms with E-state index < -0.39 is 0 Å². The van der Waals surface area contributed by atoms with E-state index in [9.17, 15) is 0 Å². The fraction of sp³-hybridized carbons (Fsp3) is 0.818. The summed E-state index contributed by atoms with van der Waals surface area (Å²) in [5, 5.41) is 1.04. The van der Waals surface area contributed by atoms with Crippen LogP contribution in [-0.4, -0.2) is 5.33 Å². The lowest BCUT2D eigenvalue weighted by atomic mass is 9.82. The molecule has 0 nitrogen and oxygen atoms in total. The number of allylic oxidation sites excluding steroid dienone is 2. The van der Waals surface area contributed by atoms with Crippen molar-refractivity contribution in [2.45, 2.75) is 39.5 Å². The summed E-state index contributed by atoms with van der Waals surface area (Å²) in [6.07, 6.45) is 8.13. The molecule has 0 aromatic rings. The molecule has 0 radical (unpaired) electrons. The van der Waals surface area contributed by atoms with E-state index >= 15 is 0 Å². The third kappa shape index (κ3) is 3.30. The first-order valence-electron chi connectivity index (χ1n) is 4.95. The van der Waals surface area contributed by atoms with E-state index in [4.69, 9.17) is 0 Å². The normalized spacial score (nSPS) is 32.1. The third-order valence-corrected chi connectivity index (χ3v) is 3.68. The Morgan fingerprint density at radius 3 is 2.42 bits per heavy atom. The van der Waals surface area contributed by atoms with Gasteiger partial charge in [-0.05, 0) is 31.6 Å². The lowest BCUT2D eigenvalue weighted by Gasteiger charge is -2.24. The van der Waals surface area contributed by atoms with Gasteiger partial charge in [-0.25, -0.2) is 0 Å². The maximum atomic E-state index is 3.49. The van der Waals surface area contributed by atoms with E-state index in [1.165, 1.54) is 31.3 Å². The third-order valence-electron chi connectivity index (χ3n) is 2.79. The largest absolute Gasteiger partial charge is 0.0880 e. The SMILES string of the molecule is CC(=CC1CCC(C)CC1)CBr. The molecule has 1 saturated carbocycles. The number of alkyl halides is 1. The zero-order valence-corrected chi connectivity index (χ0v) is 9.73. The van der Waals surface area contributed by atoms with Gasteiger partial charge in [-0.1, -0.05) is 47.3 Å². The quantitative estimate of drug-likeness (QED) is 0.494. The summed E-state index contributed by atoms with van der Waals surface area (Å²) >= 11 is 3.49. The summed E-state index contributed by atoms with van der Waals surface area (Å²) < 4.78 is 0. The fourth-order valence-corrected chi connectivity index (χ4v) is 2.09. The van der Waals surface area contributed by atoms with Gasteiger partial charge >= 0.3 is 0 Å². The van der Waals surface area contributed by atoms with E-state index in [0.29, 0.717) is 0 Å². The van der Waals surface area contributed by atoms with Crippen LogP contribution in [0.2, 0.25) is 0 Å². The highest BCUT2D eigenvalue weighted by molar-refractivity contribution is 9.09. The Morgan fingerprint density at radius 1 is 1.33 bits per heavy atom. The van der Waals surface area contributed by atoms with Crippen molar-refractivity contribution < 1.29 is 0 Å². The van der Waals surface area contributed by atoms with E-state index in [-0.39, 0.29) is 0 Å². The molecule has 0 spiro atoms. The molecule has 0 aromatic heterocycles. The highest BCUT2D eigenvalue weighted by atomic mass is 79.9. The zero-order chi connectivity index (χ0) is 8.97. The Kier molecular flexibility index (Phi) is 4.34. The number of rotatable bonds is 2. The van der Waals surface area contributed by atoms with Gasteiger partial charge in [-0.3, -0.25) is 0 Å². The minimum Gasteiger partial charge on any atom is -0.0880 e. The Labute approximate surface area is 84.6 Å². The van der Waals surface area contributed by atoms with Gasteiger partial charge in [0.2, 0.25) is 0 Å². The maximum Gasteiger partial charge on any atom is 0.0239 e. The fourth-order valence-electron chi connectivity index (χ4n) is 1.90. The van der Waals surface area contributed by atoms with Crippen molar-refractivity contribution in [3.63, 3.8) is 0 Å². The summed E-state index contributed by atoms with van der Waals surface area (Å²) in [7, 11) is 0. The van der Waals surface area contributed by atoms with Crippen LogP contribution in [0.1, 0.15) is 39.5 Å². The number of hydrogen-bond acceptors (Lipinski definition) is 0. The molecular formula is C11H19Br. The van der Waals surface area contributed by atoms with Crippen LogP contribution in [0.25, 0.3) is 0 Å². The summed E-state index contributed by atoms with van der Waals surface area (Å²) in [5.41, 5.74) is 1.49. The van der Waals surface area contributed by atoms with E-state index in [2.05, 4.69) is 35.9 Å². The van der Waals surface area contributed by atoms with Gasteiger partial charge in [0.25, 0.3) is 0 Å². The van der Waals surface area contributed by atoms with Crippen LogP contribution in [0.3, 0.4) is 0 Å². The topological polar surface area (TPSA) is 0 Å². The molecule has 0 atom stereocenters. The lowest BCUT2D eigenvalue weighted by Crippen LogP contribution is -2.10. The average Bonchev–Trinajstić information content (AvgIpc) is 2.09. The van der Waals surface area contributed by atoms with Crippen LogP contribution < -0.4 is 0 Å². The monoisotopic (exact) mass is 230 g/mol. The zero-order valence-electron chi connectivity index (χ0n) is 8.15. The molecule has 0 aromatic carbocycles. The first-order chi connectivity index (χ1) is 5.72. The van der Waals surface area contributed by atoms with Crippen LogP contribution in [0, 0.1) is 11.8 Å². The predicted octanol–water partition coefficient (Wildman–Crippen LogP) is 4.15. The lowest BCUT2D eigenvalue weighted by molar-refractivity contribution is 0.330. The Morgan fingerprint density at radius 2 is 1.92 bits per heavy atom. The van der Waals surface area contributed by atoms with Gasteiger partial charge in [0.15, 0.2) is 0 Å². The first-order valence-corrected chi connectivity index (χ1v) is 6.07. The van der Waals surface area contributed by atoms with Gasteiger partial charge < -0.3 is 0 Å². The number of halogens is 1.